The summed E-state index contributed by atoms with van der Waals surface area (Å²) in [4.78, 5) is 16.2. The molecular weight excluding hydrogens is 190 g/mol. The van der Waals surface area contributed by atoms with Crippen LogP contribution in [0.15, 0.2) is 0 Å². The molecule has 2 amide bonds. The lowest BCUT2D eigenvalue weighted by molar-refractivity contribution is 0.117. The van der Waals surface area contributed by atoms with Gasteiger partial charge in [-0.15, -0.1) is 0 Å². The van der Waals surface area contributed by atoms with Gasteiger partial charge in [0.2, 0.25) is 0 Å². The quantitative estimate of drug-likeness (QED) is 0.736. The Morgan fingerprint density at radius 1 is 1.40 bits per heavy atom. The minimum atomic E-state index is 0.128. The fourth-order valence-electron chi connectivity index (χ4n) is 2.52. The Hall–Kier alpha value is -0.770. The number of hydrogen-bond donors (Lipinski definition) is 1. The van der Waals surface area contributed by atoms with Crippen LogP contribution in [0.2, 0.25) is 0 Å². The Kier molecular flexibility index (Phi) is 3.46. The van der Waals surface area contributed by atoms with E-state index in [0.29, 0.717) is 6.04 Å². The third-order valence-electron chi connectivity index (χ3n) is 3.40. The molecular formula is C11H21N3O. The molecule has 1 atom stereocenters. The summed E-state index contributed by atoms with van der Waals surface area (Å²) in [6, 6.07) is 0.759. The standard InChI is InChI=1S/C11H21N3O/c1-2-5-12-11(15)14-8-7-13-6-3-4-10(13)9-14/h10H,2-9H2,1H3,(H,12,15). The first-order chi connectivity index (χ1) is 7.31. The van der Waals surface area contributed by atoms with Gasteiger partial charge >= 0.3 is 6.03 Å². The van der Waals surface area contributed by atoms with Gasteiger partial charge in [0.15, 0.2) is 0 Å². The number of nitrogens with one attached hydrogen (secondary N) is 1. The monoisotopic (exact) mass is 211 g/mol. The number of rotatable bonds is 2. The van der Waals surface area contributed by atoms with Crippen molar-refractivity contribution in [3.05, 3.63) is 0 Å². The van der Waals surface area contributed by atoms with E-state index in [0.717, 1.165) is 32.6 Å². The predicted octanol–water partition coefficient (Wildman–Crippen LogP) is 0.886. The molecule has 2 saturated heterocycles. The molecule has 0 spiro atoms. The number of carbonyl (C=O) groups excluding carboxylic acids is 1. The van der Waals surface area contributed by atoms with Crippen LogP contribution in [-0.2, 0) is 0 Å². The van der Waals surface area contributed by atoms with Crippen LogP contribution >= 0.6 is 0 Å². The first kappa shape index (κ1) is 10.7. The maximum absolute atomic E-state index is 11.7. The highest BCUT2D eigenvalue weighted by atomic mass is 16.2. The zero-order valence-corrected chi connectivity index (χ0v) is 9.54. The van der Waals surface area contributed by atoms with E-state index in [4.69, 9.17) is 0 Å². The van der Waals surface area contributed by atoms with Crippen LogP contribution in [-0.4, -0.2) is 54.6 Å². The molecule has 4 heteroatoms. The SMILES string of the molecule is CCCNC(=O)N1CCN2CCCC2C1. The second kappa shape index (κ2) is 4.84. The summed E-state index contributed by atoms with van der Waals surface area (Å²) in [5.41, 5.74) is 0. The molecule has 2 aliphatic rings. The van der Waals surface area contributed by atoms with Crippen molar-refractivity contribution in [2.24, 2.45) is 0 Å². The van der Waals surface area contributed by atoms with E-state index in [1.54, 1.807) is 0 Å². The molecule has 86 valence electrons. The number of nitrogens with zero attached hydrogens (tertiary/aromatic N) is 2. The number of amides is 2. The van der Waals surface area contributed by atoms with Crippen LogP contribution in [0.5, 0.6) is 0 Å². The molecule has 0 aromatic heterocycles. The highest BCUT2D eigenvalue weighted by Gasteiger charge is 2.32. The van der Waals surface area contributed by atoms with Gasteiger partial charge in [-0.05, 0) is 25.8 Å². The lowest BCUT2D eigenvalue weighted by atomic mass is 10.2. The Morgan fingerprint density at radius 2 is 2.27 bits per heavy atom. The van der Waals surface area contributed by atoms with Crippen LogP contribution < -0.4 is 5.32 Å². The van der Waals surface area contributed by atoms with Crippen LogP contribution in [0.4, 0.5) is 4.79 Å². The molecule has 0 bridgehead atoms. The maximum atomic E-state index is 11.7. The van der Waals surface area contributed by atoms with Gasteiger partial charge in [0.05, 0.1) is 0 Å². The van der Waals surface area contributed by atoms with Gasteiger partial charge in [0, 0.05) is 32.2 Å². The first-order valence-corrected chi connectivity index (χ1v) is 6.08. The van der Waals surface area contributed by atoms with Gasteiger partial charge in [-0.2, -0.15) is 0 Å². The lowest BCUT2D eigenvalue weighted by Gasteiger charge is -2.37. The summed E-state index contributed by atoms with van der Waals surface area (Å²) in [6.07, 6.45) is 3.57. The Bertz CT molecular complexity index is 232. The first-order valence-electron chi connectivity index (χ1n) is 6.08. The fraction of sp³-hybridized carbons (Fsp3) is 0.909. The van der Waals surface area contributed by atoms with E-state index in [1.807, 2.05) is 4.90 Å². The van der Waals surface area contributed by atoms with Crippen LogP contribution in [0.3, 0.4) is 0 Å². The van der Waals surface area contributed by atoms with E-state index in [9.17, 15) is 4.79 Å². The van der Waals surface area contributed by atoms with E-state index in [1.165, 1.54) is 19.4 Å². The van der Waals surface area contributed by atoms with Gasteiger partial charge < -0.3 is 10.2 Å². The molecule has 4 nitrogen and oxygen atoms in total. The minimum absolute atomic E-state index is 0.128. The van der Waals surface area contributed by atoms with Gasteiger partial charge in [0.1, 0.15) is 0 Å². The normalized spacial score (nSPS) is 26.5. The summed E-state index contributed by atoms with van der Waals surface area (Å²) in [6.45, 7) is 6.99. The topological polar surface area (TPSA) is 35.6 Å². The second-order valence-electron chi connectivity index (χ2n) is 4.51. The van der Waals surface area contributed by atoms with Crippen molar-refractivity contribution in [2.75, 3.05) is 32.7 Å². The highest BCUT2D eigenvalue weighted by Crippen LogP contribution is 2.21. The number of carbonyl (C=O) groups is 1. The Balaban J connectivity index is 1.81. The zero-order valence-electron chi connectivity index (χ0n) is 9.54. The molecule has 2 rings (SSSR count). The van der Waals surface area contributed by atoms with Gasteiger partial charge in [0.25, 0.3) is 0 Å². The van der Waals surface area contributed by atoms with Gasteiger partial charge in [-0.25, -0.2) is 4.79 Å². The molecule has 1 N–H and O–H groups in total. The number of piperazine rings is 1. The van der Waals surface area contributed by atoms with E-state index >= 15 is 0 Å². The molecule has 2 fully saturated rings. The maximum Gasteiger partial charge on any atom is 0.317 e. The predicted molar refractivity (Wildman–Crippen MR) is 59.9 cm³/mol. The molecule has 0 aliphatic carbocycles. The van der Waals surface area contributed by atoms with Crippen molar-refractivity contribution in [1.29, 1.82) is 0 Å². The lowest BCUT2D eigenvalue weighted by Crippen LogP contribution is -2.54. The van der Waals surface area contributed by atoms with Gasteiger partial charge in [-0.3, -0.25) is 4.90 Å². The summed E-state index contributed by atoms with van der Waals surface area (Å²) < 4.78 is 0. The third-order valence-corrected chi connectivity index (χ3v) is 3.40. The van der Waals surface area contributed by atoms with E-state index in [2.05, 4.69) is 17.1 Å². The van der Waals surface area contributed by atoms with Crippen LogP contribution in [0.25, 0.3) is 0 Å². The fourth-order valence-corrected chi connectivity index (χ4v) is 2.52. The summed E-state index contributed by atoms with van der Waals surface area (Å²) in [5.74, 6) is 0. The second-order valence-corrected chi connectivity index (χ2v) is 4.51. The molecule has 2 heterocycles. The minimum Gasteiger partial charge on any atom is -0.338 e. The average Bonchev–Trinajstić information content (AvgIpc) is 2.72. The highest BCUT2D eigenvalue weighted by molar-refractivity contribution is 5.74. The number of urea groups is 1. The van der Waals surface area contributed by atoms with Crippen molar-refractivity contribution < 1.29 is 4.79 Å². The molecule has 0 radical (unpaired) electrons. The molecule has 0 aromatic carbocycles. The van der Waals surface area contributed by atoms with E-state index in [-0.39, 0.29) is 6.03 Å². The summed E-state index contributed by atoms with van der Waals surface area (Å²) in [5, 5.41) is 2.95. The van der Waals surface area contributed by atoms with Crippen molar-refractivity contribution in [3.63, 3.8) is 0 Å². The smallest absolute Gasteiger partial charge is 0.317 e. The Labute approximate surface area is 91.6 Å². The number of hydrogen-bond acceptors (Lipinski definition) is 2. The van der Waals surface area contributed by atoms with Gasteiger partial charge in [-0.1, -0.05) is 6.92 Å². The van der Waals surface area contributed by atoms with Crippen molar-refractivity contribution in [2.45, 2.75) is 32.2 Å². The van der Waals surface area contributed by atoms with Crippen LogP contribution in [0, 0.1) is 0 Å². The number of fused-ring (bicyclic) bond motifs is 1. The van der Waals surface area contributed by atoms with Crippen molar-refractivity contribution in [3.8, 4) is 0 Å². The Morgan fingerprint density at radius 3 is 3.07 bits per heavy atom. The third kappa shape index (κ3) is 2.43. The summed E-state index contributed by atoms with van der Waals surface area (Å²) in [7, 11) is 0. The van der Waals surface area contributed by atoms with Crippen LogP contribution in [0.1, 0.15) is 26.2 Å². The molecule has 15 heavy (non-hydrogen) atoms. The molecule has 1 unspecified atom stereocenters. The average molecular weight is 211 g/mol. The van der Waals surface area contributed by atoms with Crippen molar-refractivity contribution in [1.82, 2.24) is 15.1 Å². The summed E-state index contributed by atoms with van der Waals surface area (Å²) >= 11 is 0. The molecule has 2 aliphatic heterocycles. The van der Waals surface area contributed by atoms with Crippen molar-refractivity contribution >= 4 is 6.03 Å². The van der Waals surface area contributed by atoms with E-state index < -0.39 is 0 Å². The largest absolute Gasteiger partial charge is 0.338 e. The molecule has 0 saturated carbocycles. The zero-order chi connectivity index (χ0) is 10.7. The molecule has 0 aromatic rings.